The van der Waals surface area contributed by atoms with Gasteiger partial charge in [0.15, 0.2) is 11.5 Å². The first-order valence-corrected chi connectivity index (χ1v) is 10.5. The van der Waals surface area contributed by atoms with Gasteiger partial charge in [0.1, 0.15) is 11.3 Å². The van der Waals surface area contributed by atoms with Crippen molar-refractivity contribution in [3.63, 3.8) is 0 Å². The number of rotatable bonds is 6. The molecule has 4 nitrogen and oxygen atoms in total. The van der Waals surface area contributed by atoms with Gasteiger partial charge < -0.3 is 9.15 Å². The minimum Gasteiger partial charge on any atom is -0.493 e. The summed E-state index contributed by atoms with van der Waals surface area (Å²) in [6, 6.07) is 16.6. The topological polar surface area (TPSA) is 56.5 Å². The highest BCUT2D eigenvalue weighted by Crippen LogP contribution is 2.41. The molecule has 4 aromatic rings. The summed E-state index contributed by atoms with van der Waals surface area (Å²) in [6.45, 7) is 2.80. The van der Waals surface area contributed by atoms with Gasteiger partial charge in [0, 0.05) is 27.3 Å². The fourth-order valence-corrected chi connectivity index (χ4v) is 4.24. The van der Waals surface area contributed by atoms with Gasteiger partial charge in [-0.1, -0.05) is 74.7 Å². The van der Waals surface area contributed by atoms with Crippen LogP contribution in [0, 0.1) is 0 Å². The third kappa shape index (κ3) is 2.83. The predicted molar refractivity (Wildman–Crippen MR) is 117 cm³/mol. The van der Waals surface area contributed by atoms with Crippen LogP contribution in [0.5, 0.6) is 5.75 Å². The van der Waals surface area contributed by atoms with Gasteiger partial charge in [-0.3, -0.25) is 9.59 Å². The highest BCUT2D eigenvalue weighted by Gasteiger charge is 2.35. The maximum Gasteiger partial charge on any atom is 0.229 e. The molecule has 0 saturated carbocycles. The summed E-state index contributed by atoms with van der Waals surface area (Å²) in [6.07, 6.45) is 4.47. The number of unbranched alkanes of at least 4 members (excludes halogenated alkanes) is 3. The number of carbonyl (C=O) groups is 2. The van der Waals surface area contributed by atoms with Crippen molar-refractivity contribution in [1.82, 2.24) is 0 Å². The summed E-state index contributed by atoms with van der Waals surface area (Å²) in [7, 11) is 0. The standard InChI is InChI=1S/C26H22O4/c1-2-3-4-9-14-29-21-15-20-22-23(27)17-11-6-7-12-18(17)24(28)26(22)30-25(20)19-13-8-5-10-16(19)21/h5-8,10-13,15H,2-4,9,14H2,1H3. The molecule has 0 radical (unpaired) electrons. The van der Waals surface area contributed by atoms with E-state index in [1.54, 1.807) is 24.3 Å². The summed E-state index contributed by atoms with van der Waals surface area (Å²) < 4.78 is 12.2. The molecule has 150 valence electrons. The molecule has 5 rings (SSSR count). The maximum absolute atomic E-state index is 13.3. The molecule has 0 aliphatic heterocycles. The summed E-state index contributed by atoms with van der Waals surface area (Å²) in [5.74, 6) is 0.418. The molecule has 3 aromatic carbocycles. The van der Waals surface area contributed by atoms with E-state index in [-0.39, 0.29) is 17.3 Å². The Hall–Kier alpha value is -3.40. The van der Waals surface area contributed by atoms with E-state index in [9.17, 15) is 9.59 Å². The normalized spacial score (nSPS) is 13.0. The van der Waals surface area contributed by atoms with Crippen molar-refractivity contribution in [2.45, 2.75) is 32.6 Å². The lowest BCUT2D eigenvalue weighted by molar-refractivity contribution is 0.0962. The molecular formula is C26H22O4. The van der Waals surface area contributed by atoms with E-state index in [0.717, 1.165) is 29.4 Å². The first-order chi connectivity index (χ1) is 14.7. The fourth-order valence-electron chi connectivity index (χ4n) is 4.24. The molecule has 0 saturated heterocycles. The van der Waals surface area contributed by atoms with Crippen LogP contribution >= 0.6 is 0 Å². The van der Waals surface area contributed by atoms with Crippen LogP contribution in [0.1, 0.15) is 64.6 Å². The summed E-state index contributed by atoms with van der Waals surface area (Å²) in [5, 5.41) is 2.40. The van der Waals surface area contributed by atoms with Crippen LogP contribution in [0.15, 0.2) is 59.0 Å². The second kappa shape index (κ2) is 7.45. The van der Waals surface area contributed by atoms with Gasteiger partial charge in [-0.25, -0.2) is 0 Å². The number of hydrogen-bond donors (Lipinski definition) is 0. The van der Waals surface area contributed by atoms with Crippen LogP contribution < -0.4 is 4.74 Å². The monoisotopic (exact) mass is 398 g/mol. The van der Waals surface area contributed by atoms with Gasteiger partial charge in [-0.05, 0) is 12.5 Å². The number of ketones is 2. The average molecular weight is 398 g/mol. The van der Waals surface area contributed by atoms with Gasteiger partial charge in [0.05, 0.1) is 12.2 Å². The van der Waals surface area contributed by atoms with Crippen LogP contribution in [0.2, 0.25) is 0 Å². The van der Waals surface area contributed by atoms with Crippen LogP contribution in [-0.4, -0.2) is 18.2 Å². The van der Waals surface area contributed by atoms with Crippen molar-refractivity contribution >= 4 is 33.3 Å². The summed E-state index contributed by atoms with van der Waals surface area (Å²) >= 11 is 0. The first-order valence-electron chi connectivity index (χ1n) is 10.5. The number of hydrogen-bond acceptors (Lipinski definition) is 4. The van der Waals surface area contributed by atoms with Gasteiger partial charge >= 0.3 is 0 Å². The van der Waals surface area contributed by atoms with Crippen molar-refractivity contribution in [3.8, 4) is 5.75 Å². The molecule has 0 fully saturated rings. The zero-order chi connectivity index (χ0) is 20.7. The maximum atomic E-state index is 13.3. The SMILES string of the molecule is CCCCCCOc1cc2c3c(oc2c2ccccc12)C(=O)c1ccccc1C3=O. The fraction of sp³-hybridized carbons (Fsp3) is 0.231. The molecule has 0 bridgehead atoms. The Morgan fingerprint density at radius 2 is 1.50 bits per heavy atom. The molecule has 1 heterocycles. The van der Waals surface area contributed by atoms with Crippen LogP contribution in [0.25, 0.3) is 21.7 Å². The first kappa shape index (κ1) is 18.6. The minimum atomic E-state index is -0.248. The lowest BCUT2D eigenvalue weighted by atomic mass is 9.87. The van der Waals surface area contributed by atoms with E-state index in [2.05, 4.69) is 6.92 Å². The average Bonchev–Trinajstić information content (AvgIpc) is 3.17. The number of carbonyl (C=O) groups excluding carboxylic acids is 2. The number of benzene rings is 3. The molecular weight excluding hydrogens is 376 g/mol. The van der Waals surface area contributed by atoms with E-state index in [1.807, 2.05) is 30.3 Å². The van der Waals surface area contributed by atoms with Crippen molar-refractivity contribution in [2.75, 3.05) is 6.61 Å². The molecule has 0 N–H and O–H groups in total. The Morgan fingerprint density at radius 3 is 2.27 bits per heavy atom. The molecule has 0 spiro atoms. The largest absolute Gasteiger partial charge is 0.493 e. The van der Waals surface area contributed by atoms with Crippen molar-refractivity contribution < 1.29 is 18.7 Å². The molecule has 1 aliphatic rings. The van der Waals surface area contributed by atoms with E-state index in [0.29, 0.717) is 34.3 Å². The Balaban J connectivity index is 1.67. The van der Waals surface area contributed by atoms with Gasteiger partial charge in [-0.15, -0.1) is 0 Å². The lowest BCUT2D eigenvalue weighted by Crippen LogP contribution is -2.19. The van der Waals surface area contributed by atoms with E-state index < -0.39 is 0 Å². The van der Waals surface area contributed by atoms with E-state index in [1.165, 1.54) is 12.8 Å². The van der Waals surface area contributed by atoms with E-state index in [4.69, 9.17) is 9.15 Å². The second-order valence-electron chi connectivity index (χ2n) is 7.72. The lowest BCUT2D eigenvalue weighted by Gasteiger charge is -2.13. The molecule has 1 aromatic heterocycles. The van der Waals surface area contributed by atoms with Gasteiger partial charge in [0.2, 0.25) is 5.78 Å². The zero-order valence-corrected chi connectivity index (χ0v) is 16.9. The van der Waals surface area contributed by atoms with E-state index >= 15 is 0 Å². The quantitative estimate of drug-likeness (QED) is 0.314. The molecule has 4 heteroatoms. The Bertz CT molecular complexity index is 1300. The number of furan rings is 1. The van der Waals surface area contributed by atoms with Crippen molar-refractivity contribution in [1.29, 1.82) is 0 Å². The number of ether oxygens (including phenoxy) is 1. The minimum absolute atomic E-state index is 0.124. The van der Waals surface area contributed by atoms with Crippen LogP contribution in [-0.2, 0) is 0 Å². The smallest absolute Gasteiger partial charge is 0.229 e. The summed E-state index contributed by atoms with van der Waals surface area (Å²) in [4.78, 5) is 26.3. The highest BCUT2D eigenvalue weighted by molar-refractivity contribution is 6.32. The van der Waals surface area contributed by atoms with Gasteiger partial charge in [-0.2, -0.15) is 0 Å². The third-order valence-corrected chi connectivity index (χ3v) is 5.76. The van der Waals surface area contributed by atoms with Crippen LogP contribution in [0.3, 0.4) is 0 Å². The Labute approximate surface area is 174 Å². The molecule has 0 amide bonds. The third-order valence-electron chi connectivity index (χ3n) is 5.76. The Kier molecular flexibility index (Phi) is 4.62. The second-order valence-corrected chi connectivity index (χ2v) is 7.72. The molecule has 0 atom stereocenters. The zero-order valence-electron chi connectivity index (χ0n) is 16.9. The Morgan fingerprint density at radius 1 is 0.800 bits per heavy atom. The van der Waals surface area contributed by atoms with Gasteiger partial charge in [0.25, 0.3) is 0 Å². The van der Waals surface area contributed by atoms with Crippen LogP contribution in [0.4, 0.5) is 0 Å². The highest BCUT2D eigenvalue weighted by atomic mass is 16.5. The predicted octanol–water partition coefficient (Wildman–Crippen LogP) is 6.32. The molecule has 1 aliphatic carbocycles. The summed E-state index contributed by atoms with van der Waals surface area (Å²) in [5.41, 5.74) is 1.72. The van der Waals surface area contributed by atoms with Crippen molar-refractivity contribution in [3.05, 3.63) is 77.0 Å². The van der Waals surface area contributed by atoms with Crippen molar-refractivity contribution in [2.24, 2.45) is 0 Å². The number of fused-ring (bicyclic) bond motifs is 6. The molecule has 30 heavy (non-hydrogen) atoms. The molecule has 0 unspecified atom stereocenters.